The summed E-state index contributed by atoms with van der Waals surface area (Å²) in [6, 6.07) is 6.94. The fourth-order valence-corrected chi connectivity index (χ4v) is 2.17. The first-order chi connectivity index (χ1) is 11.1. The van der Waals surface area contributed by atoms with Gasteiger partial charge in [-0.05, 0) is 24.5 Å². The Hall–Kier alpha value is -2.50. The second-order valence-corrected chi connectivity index (χ2v) is 5.40. The number of rotatable bonds is 7. The van der Waals surface area contributed by atoms with Crippen LogP contribution in [-0.4, -0.2) is 29.8 Å². The van der Waals surface area contributed by atoms with Gasteiger partial charge in [0, 0.05) is 18.5 Å². The lowest BCUT2D eigenvalue weighted by Crippen LogP contribution is -2.25. The summed E-state index contributed by atoms with van der Waals surface area (Å²) < 4.78 is 10.1. The molecule has 0 aliphatic rings. The molecule has 0 unspecified atom stereocenters. The molecule has 0 saturated heterocycles. The molecule has 0 fully saturated rings. The molecule has 1 atom stereocenters. The van der Waals surface area contributed by atoms with Crippen LogP contribution in [0.4, 0.5) is 0 Å². The van der Waals surface area contributed by atoms with Crippen LogP contribution in [0.3, 0.4) is 0 Å². The normalized spacial score (nSPS) is 12.0. The zero-order valence-electron chi connectivity index (χ0n) is 13.6. The van der Waals surface area contributed by atoms with Crippen molar-refractivity contribution in [2.45, 2.75) is 32.6 Å². The number of para-hydroxylation sites is 1. The van der Waals surface area contributed by atoms with E-state index in [1.165, 1.54) is 7.11 Å². The molecule has 1 aromatic heterocycles. The molecule has 2 rings (SSSR count). The second kappa shape index (κ2) is 7.67. The second-order valence-electron chi connectivity index (χ2n) is 5.40. The van der Waals surface area contributed by atoms with Crippen LogP contribution < -0.4 is 10.1 Å². The Kier molecular flexibility index (Phi) is 5.62. The summed E-state index contributed by atoms with van der Waals surface area (Å²) in [5.41, 5.74) is 1.49. The minimum absolute atomic E-state index is 0.1000. The smallest absolute Gasteiger partial charge is 0.289 e. The largest absolute Gasteiger partial charge is 0.504 e. The summed E-state index contributed by atoms with van der Waals surface area (Å²) in [5, 5.41) is 16.7. The van der Waals surface area contributed by atoms with Gasteiger partial charge in [0.25, 0.3) is 5.91 Å². The van der Waals surface area contributed by atoms with Crippen LogP contribution in [-0.2, 0) is 6.42 Å². The molecular formula is C17H22N2O4. The number of hydrogen-bond donors (Lipinski definition) is 2. The van der Waals surface area contributed by atoms with Crippen molar-refractivity contribution in [3.05, 3.63) is 41.3 Å². The average molecular weight is 318 g/mol. The summed E-state index contributed by atoms with van der Waals surface area (Å²) in [7, 11) is 1.50. The molecule has 6 heteroatoms. The van der Waals surface area contributed by atoms with Gasteiger partial charge in [-0.25, -0.2) is 0 Å². The number of amides is 1. The lowest BCUT2D eigenvalue weighted by Gasteiger charge is -2.08. The van der Waals surface area contributed by atoms with Crippen molar-refractivity contribution < 1.29 is 19.2 Å². The standard InChI is InChI=1S/C17H22N2O4/c1-4-11(2)13-10-15(23-19-13)17(21)18-9-8-12-6-5-7-14(22-3)16(12)20/h5-7,10-11,20H,4,8-9H2,1-3H3,(H,18,21)/t11-/m1/s1. The van der Waals surface area contributed by atoms with E-state index in [0.29, 0.717) is 24.3 Å². The van der Waals surface area contributed by atoms with Crippen molar-refractivity contribution in [2.24, 2.45) is 0 Å². The Morgan fingerprint density at radius 1 is 1.48 bits per heavy atom. The van der Waals surface area contributed by atoms with E-state index >= 15 is 0 Å². The minimum Gasteiger partial charge on any atom is -0.504 e. The first kappa shape index (κ1) is 16.9. The highest BCUT2D eigenvalue weighted by atomic mass is 16.5. The van der Waals surface area contributed by atoms with Gasteiger partial charge in [-0.2, -0.15) is 0 Å². The number of carbonyl (C=O) groups is 1. The molecule has 0 radical (unpaired) electrons. The van der Waals surface area contributed by atoms with Gasteiger partial charge in [-0.1, -0.05) is 31.1 Å². The molecule has 0 aliphatic heterocycles. The van der Waals surface area contributed by atoms with Crippen LogP contribution in [0.15, 0.2) is 28.8 Å². The molecular weight excluding hydrogens is 296 g/mol. The van der Waals surface area contributed by atoms with Crippen molar-refractivity contribution in [1.29, 1.82) is 0 Å². The van der Waals surface area contributed by atoms with Crippen LogP contribution in [0.1, 0.15) is 48.0 Å². The van der Waals surface area contributed by atoms with Gasteiger partial charge in [0.15, 0.2) is 11.5 Å². The highest BCUT2D eigenvalue weighted by molar-refractivity contribution is 5.91. The van der Waals surface area contributed by atoms with Crippen LogP contribution in [0.2, 0.25) is 0 Å². The number of aromatic nitrogens is 1. The van der Waals surface area contributed by atoms with Crippen LogP contribution in [0, 0.1) is 0 Å². The maximum atomic E-state index is 12.0. The monoisotopic (exact) mass is 318 g/mol. The van der Waals surface area contributed by atoms with E-state index in [1.54, 1.807) is 24.3 Å². The third-order valence-electron chi connectivity index (χ3n) is 3.85. The third kappa shape index (κ3) is 4.03. The number of nitrogens with zero attached hydrogens (tertiary/aromatic N) is 1. The summed E-state index contributed by atoms with van der Waals surface area (Å²) in [6.45, 7) is 4.46. The van der Waals surface area contributed by atoms with Gasteiger partial charge in [0.1, 0.15) is 0 Å². The molecule has 0 aliphatic carbocycles. The molecule has 2 aromatic rings. The summed E-state index contributed by atoms with van der Waals surface area (Å²) in [6.07, 6.45) is 1.42. The molecule has 1 amide bonds. The summed E-state index contributed by atoms with van der Waals surface area (Å²) >= 11 is 0. The lowest BCUT2D eigenvalue weighted by atomic mass is 10.1. The Bertz CT molecular complexity index is 666. The Morgan fingerprint density at radius 3 is 2.96 bits per heavy atom. The first-order valence-electron chi connectivity index (χ1n) is 7.66. The molecule has 2 N–H and O–H groups in total. The predicted molar refractivity (Wildman–Crippen MR) is 85.9 cm³/mol. The zero-order valence-corrected chi connectivity index (χ0v) is 13.6. The van der Waals surface area contributed by atoms with Gasteiger partial charge in [-0.15, -0.1) is 0 Å². The van der Waals surface area contributed by atoms with Crippen molar-refractivity contribution in [3.63, 3.8) is 0 Å². The maximum Gasteiger partial charge on any atom is 0.289 e. The van der Waals surface area contributed by atoms with Gasteiger partial charge >= 0.3 is 0 Å². The molecule has 124 valence electrons. The third-order valence-corrected chi connectivity index (χ3v) is 3.85. The van der Waals surface area contributed by atoms with E-state index in [4.69, 9.17) is 9.26 Å². The molecule has 0 spiro atoms. The quantitative estimate of drug-likeness (QED) is 0.820. The van der Waals surface area contributed by atoms with Crippen molar-refractivity contribution in [2.75, 3.05) is 13.7 Å². The Morgan fingerprint density at radius 2 is 2.26 bits per heavy atom. The minimum atomic E-state index is -0.311. The van der Waals surface area contributed by atoms with Crippen LogP contribution in [0.25, 0.3) is 0 Å². The van der Waals surface area contributed by atoms with Crippen LogP contribution in [0.5, 0.6) is 11.5 Å². The fourth-order valence-electron chi connectivity index (χ4n) is 2.17. The predicted octanol–water partition coefficient (Wildman–Crippen LogP) is 2.87. The molecule has 6 nitrogen and oxygen atoms in total. The fraction of sp³-hybridized carbons (Fsp3) is 0.412. The number of aromatic hydroxyl groups is 1. The highest BCUT2D eigenvalue weighted by Crippen LogP contribution is 2.29. The van der Waals surface area contributed by atoms with E-state index in [0.717, 1.165) is 12.1 Å². The number of methoxy groups -OCH3 is 1. The van der Waals surface area contributed by atoms with Gasteiger partial charge in [0.05, 0.1) is 12.8 Å². The number of hydrogen-bond acceptors (Lipinski definition) is 5. The molecule has 0 bridgehead atoms. The summed E-state index contributed by atoms with van der Waals surface area (Å²) in [4.78, 5) is 12.0. The van der Waals surface area contributed by atoms with E-state index < -0.39 is 0 Å². The number of nitrogens with one attached hydrogen (secondary N) is 1. The molecule has 0 saturated carbocycles. The van der Waals surface area contributed by atoms with Crippen molar-refractivity contribution in [3.8, 4) is 11.5 Å². The number of carbonyl (C=O) groups excluding carboxylic acids is 1. The van der Waals surface area contributed by atoms with E-state index in [9.17, 15) is 9.90 Å². The van der Waals surface area contributed by atoms with Gasteiger partial charge in [0.2, 0.25) is 5.76 Å². The van der Waals surface area contributed by atoms with Crippen LogP contribution >= 0.6 is 0 Å². The topological polar surface area (TPSA) is 84.6 Å². The number of phenols is 1. The Labute approximate surface area is 135 Å². The lowest BCUT2D eigenvalue weighted by molar-refractivity contribution is 0.0917. The van der Waals surface area contributed by atoms with Crippen molar-refractivity contribution in [1.82, 2.24) is 10.5 Å². The van der Waals surface area contributed by atoms with Gasteiger partial charge in [-0.3, -0.25) is 4.79 Å². The maximum absolute atomic E-state index is 12.0. The van der Waals surface area contributed by atoms with Crippen molar-refractivity contribution >= 4 is 5.91 Å². The summed E-state index contributed by atoms with van der Waals surface area (Å²) in [5.74, 6) is 0.670. The zero-order chi connectivity index (χ0) is 16.8. The Balaban J connectivity index is 1.91. The number of benzene rings is 1. The molecule has 1 heterocycles. The average Bonchev–Trinajstić information content (AvgIpc) is 3.05. The van der Waals surface area contributed by atoms with E-state index in [2.05, 4.69) is 17.4 Å². The van der Waals surface area contributed by atoms with Gasteiger partial charge < -0.3 is 19.7 Å². The van der Waals surface area contributed by atoms with E-state index in [1.807, 2.05) is 6.92 Å². The molecule has 1 aromatic carbocycles. The number of ether oxygens (including phenoxy) is 1. The highest BCUT2D eigenvalue weighted by Gasteiger charge is 2.16. The molecule has 23 heavy (non-hydrogen) atoms. The SMILES string of the molecule is CC[C@@H](C)c1cc(C(=O)NCCc2cccc(OC)c2O)on1. The first-order valence-corrected chi connectivity index (χ1v) is 7.66. The number of phenolic OH excluding ortho intramolecular Hbond substituents is 1. The van der Waals surface area contributed by atoms with E-state index in [-0.39, 0.29) is 23.3 Å².